The van der Waals surface area contributed by atoms with Crippen molar-refractivity contribution in [2.75, 3.05) is 6.61 Å². The molecule has 0 saturated carbocycles. The van der Waals surface area contributed by atoms with Gasteiger partial charge < -0.3 is 10.5 Å². The molecule has 19 heavy (non-hydrogen) atoms. The van der Waals surface area contributed by atoms with Crippen molar-refractivity contribution in [3.05, 3.63) is 23.3 Å². The summed E-state index contributed by atoms with van der Waals surface area (Å²) >= 11 is 0. The van der Waals surface area contributed by atoms with Crippen LogP contribution in [0.3, 0.4) is 0 Å². The number of carbonyl (C=O) groups excluding carboxylic acids is 1. The number of hydrogen-bond acceptors (Lipinski definition) is 4. The van der Waals surface area contributed by atoms with Crippen molar-refractivity contribution in [3.8, 4) is 5.75 Å². The average Bonchev–Trinajstić information content (AvgIpc) is 2.23. The normalized spacial score (nSPS) is 11.6. The number of amides is 1. The number of nitrogens with two attached hydrogens (primary N) is 1. The zero-order chi connectivity index (χ0) is 14.8. The molecule has 2 N–H and O–H groups in total. The molecular weight excluding hydrogens is 290 g/mol. The lowest BCUT2D eigenvalue weighted by Crippen LogP contribution is -2.20. The average molecular weight is 306 g/mol. The van der Waals surface area contributed by atoms with E-state index in [9.17, 15) is 13.2 Å². The molecule has 1 amide bonds. The fourth-order valence-electron chi connectivity index (χ4n) is 1.67. The van der Waals surface area contributed by atoms with Gasteiger partial charge in [0.1, 0.15) is 5.75 Å². The smallest absolute Gasteiger partial charge is 0.261 e. The van der Waals surface area contributed by atoms with Gasteiger partial charge in [0, 0.05) is 10.7 Å². The van der Waals surface area contributed by atoms with Crippen molar-refractivity contribution in [3.63, 3.8) is 0 Å². The van der Waals surface area contributed by atoms with E-state index in [2.05, 4.69) is 0 Å². The van der Waals surface area contributed by atoms with Crippen LogP contribution < -0.4 is 10.5 Å². The Kier molecular flexibility index (Phi) is 4.81. The highest BCUT2D eigenvalue weighted by Crippen LogP contribution is 2.32. The number of hydrogen-bond donors (Lipinski definition) is 1. The lowest BCUT2D eigenvalue weighted by atomic mass is 10.0. The van der Waals surface area contributed by atoms with Gasteiger partial charge in [0.25, 0.3) is 15.0 Å². The van der Waals surface area contributed by atoms with E-state index in [1.54, 1.807) is 13.0 Å². The predicted molar refractivity (Wildman–Crippen MR) is 73.0 cm³/mol. The molecule has 0 radical (unpaired) electrons. The molecule has 0 aliphatic rings. The highest BCUT2D eigenvalue weighted by atomic mass is 35.7. The molecule has 0 fully saturated rings. The number of aryl methyl sites for hydroxylation is 1. The van der Waals surface area contributed by atoms with E-state index in [0.29, 0.717) is 16.9 Å². The Labute approximate surface area is 117 Å². The summed E-state index contributed by atoms with van der Waals surface area (Å²) in [5.41, 5.74) is 6.14. The summed E-state index contributed by atoms with van der Waals surface area (Å²) in [4.78, 5) is 10.8. The Bertz CT molecular complexity index is 596. The second-order valence-corrected chi connectivity index (χ2v) is 7.04. The van der Waals surface area contributed by atoms with Crippen LogP contribution in [-0.4, -0.2) is 20.9 Å². The minimum absolute atomic E-state index is 0.0145. The summed E-state index contributed by atoms with van der Waals surface area (Å²) in [7, 11) is 1.57. The molecule has 106 valence electrons. The van der Waals surface area contributed by atoms with Crippen LogP contribution in [-0.2, 0) is 13.8 Å². The summed E-state index contributed by atoms with van der Waals surface area (Å²) in [5, 5.41) is 0. The fourth-order valence-corrected chi connectivity index (χ4v) is 2.88. The van der Waals surface area contributed by atoms with E-state index >= 15 is 0 Å². The summed E-state index contributed by atoms with van der Waals surface area (Å²) in [6.45, 7) is 5.11. The summed E-state index contributed by atoms with van der Waals surface area (Å²) in [6, 6.07) is 3.02. The van der Waals surface area contributed by atoms with Gasteiger partial charge in [-0.25, -0.2) is 8.42 Å². The Morgan fingerprint density at radius 1 is 1.42 bits per heavy atom. The minimum atomic E-state index is -3.81. The second kappa shape index (κ2) is 5.79. The van der Waals surface area contributed by atoms with Crippen LogP contribution >= 0.6 is 10.7 Å². The standard InChI is InChI=1S/C12H16ClNO4S/c1-7(2)9-5-11(19(13,16)17)8(3)4-10(9)18-6-12(14)15/h4-5,7H,6H2,1-3H3,(H2,14,15). The first-order chi connectivity index (χ1) is 8.62. The zero-order valence-electron chi connectivity index (χ0n) is 10.9. The first-order valence-electron chi connectivity index (χ1n) is 5.63. The van der Waals surface area contributed by atoms with E-state index in [4.69, 9.17) is 21.2 Å². The van der Waals surface area contributed by atoms with Gasteiger partial charge in [-0.15, -0.1) is 0 Å². The van der Waals surface area contributed by atoms with Gasteiger partial charge in [0.05, 0.1) is 4.90 Å². The maximum Gasteiger partial charge on any atom is 0.261 e. The maximum absolute atomic E-state index is 11.5. The molecular formula is C12H16ClNO4S. The second-order valence-electron chi connectivity index (χ2n) is 4.50. The van der Waals surface area contributed by atoms with E-state index in [-0.39, 0.29) is 17.4 Å². The topological polar surface area (TPSA) is 86.5 Å². The fraction of sp³-hybridized carbons (Fsp3) is 0.417. The lowest BCUT2D eigenvalue weighted by molar-refractivity contribution is -0.119. The number of primary amides is 1. The van der Waals surface area contributed by atoms with E-state index in [1.165, 1.54) is 6.07 Å². The largest absolute Gasteiger partial charge is 0.483 e. The zero-order valence-corrected chi connectivity index (χ0v) is 12.5. The van der Waals surface area contributed by atoms with Crippen LogP contribution in [0.1, 0.15) is 30.9 Å². The van der Waals surface area contributed by atoms with Crippen molar-refractivity contribution in [2.45, 2.75) is 31.6 Å². The number of rotatable bonds is 5. The molecule has 0 saturated heterocycles. The molecule has 0 aromatic heterocycles. The van der Waals surface area contributed by atoms with Crippen molar-refractivity contribution in [2.24, 2.45) is 5.73 Å². The highest BCUT2D eigenvalue weighted by molar-refractivity contribution is 8.13. The van der Waals surface area contributed by atoms with Gasteiger partial charge in [-0.1, -0.05) is 13.8 Å². The Morgan fingerprint density at radius 2 is 2.00 bits per heavy atom. The van der Waals surface area contributed by atoms with Crippen molar-refractivity contribution < 1.29 is 17.9 Å². The molecule has 0 bridgehead atoms. The third kappa shape index (κ3) is 4.11. The lowest BCUT2D eigenvalue weighted by Gasteiger charge is -2.16. The third-order valence-electron chi connectivity index (χ3n) is 2.56. The van der Waals surface area contributed by atoms with Gasteiger partial charge in [-0.3, -0.25) is 4.79 Å². The quantitative estimate of drug-likeness (QED) is 0.842. The molecule has 0 aliphatic heterocycles. The molecule has 7 heteroatoms. The number of ether oxygens (including phenoxy) is 1. The number of halogens is 1. The SMILES string of the molecule is Cc1cc(OCC(N)=O)c(C(C)C)cc1S(=O)(=O)Cl. The van der Waals surface area contributed by atoms with Crippen molar-refractivity contribution >= 4 is 25.6 Å². The monoisotopic (exact) mass is 305 g/mol. The van der Waals surface area contributed by atoms with Crippen LogP contribution in [0.25, 0.3) is 0 Å². The molecule has 0 spiro atoms. The maximum atomic E-state index is 11.5. The first-order valence-corrected chi connectivity index (χ1v) is 7.94. The van der Waals surface area contributed by atoms with Crippen molar-refractivity contribution in [1.29, 1.82) is 0 Å². The molecule has 0 unspecified atom stereocenters. The molecule has 5 nitrogen and oxygen atoms in total. The van der Waals surface area contributed by atoms with Crippen LogP contribution in [0, 0.1) is 6.92 Å². The van der Waals surface area contributed by atoms with Crippen molar-refractivity contribution in [1.82, 2.24) is 0 Å². The molecule has 0 aliphatic carbocycles. The van der Waals surface area contributed by atoms with Crippen LogP contribution in [0.5, 0.6) is 5.75 Å². The molecule has 1 rings (SSSR count). The molecule has 0 heterocycles. The molecule has 0 atom stereocenters. The summed E-state index contributed by atoms with van der Waals surface area (Å²) in [5.74, 6) is -0.141. The Balaban J connectivity index is 3.33. The first kappa shape index (κ1) is 15.8. The number of benzene rings is 1. The van der Waals surface area contributed by atoms with Gasteiger partial charge in [-0.05, 0) is 36.1 Å². The Hall–Kier alpha value is -1.27. The third-order valence-corrected chi connectivity index (χ3v) is 4.03. The van der Waals surface area contributed by atoms with Gasteiger partial charge in [-0.2, -0.15) is 0 Å². The van der Waals surface area contributed by atoms with Gasteiger partial charge in [0.2, 0.25) is 0 Å². The molecule has 1 aromatic rings. The summed E-state index contributed by atoms with van der Waals surface area (Å²) < 4.78 is 28.2. The van der Waals surface area contributed by atoms with Gasteiger partial charge >= 0.3 is 0 Å². The Morgan fingerprint density at radius 3 is 2.42 bits per heavy atom. The molecule has 1 aromatic carbocycles. The number of carbonyl (C=O) groups is 1. The van der Waals surface area contributed by atoms with Crippen LogP contribution in [0.15, 0.2) is 17.0 Å². The van der Waals surface area contributed by atoms with E-state index in [1.807, 2.05) is 13.8 Å². The van der Waals surface area contributed by atoms with E-state index < -0.39 is 15.0 Å². The summed E-state index contributed by atoms with van der Waals surface area (Å²) in [6.07, 6.45) is 0. The van der Waals surface area contributed by atoms with E-state index in [0.717, 1.165) is 0 Å². The highest BCUT2D eigenvalue weighted by Gasteiger charge is 2.19. The van der Waals surface area contributed by atoms with Gasteiger partial charge in [0.15, 0.2) is 6.61 Å². The van der Waals surface area contributed by atoms with Crippen LogP contribution in [0.4, 0.5) is 0 Å². The van der Waals surface area contributed by atoms with Crippen LogP contribution in [0.2, 0.25) is 0 Å². The predicted octanol–water partition coefficient (Wildman–Crippen LogP) is 1.91. The minimum Gasteiger partial charge on any atom is -0.483 e.